The molecule has 0 aromatic heterocycles. The first kappa shape index (κ1) is 16.4. The lowest BCUT2D eigenvalue weighted by atomic mass is 10.1. The number of aryl methyl sites for hydroxylation is 1. The van der Waals surface area contributed by atoms with E-state index in [9.17, 15) is 13.6 Å². The van der Waals surface area contributed by atoms with Crippen molar-refractivity contribution >= 4 is 27.5 Å². The monoisotopic (exact) mass is 369 g/mol. The van der Waals surface area contributed by atoms with Gasteiger partial charge in [0, 0.05) is 18.2 Å². The van der Waals surface area contributed by atoms with Gasteiger partial charge >= 0.3 is 0 Å². The topological polar surface area (TPSA) is 38.3 Å². The molecule has 6 heteroatoms. The predicted octanol–water partition coefficient (Wildman–Crippen LogP) is 4.31. The first-order valence-corrected chi connectivity index (χ1v) is 7.36. The van der Waals surface area contributed by atoms with E-state index >= 15 is 0 Å². The van der Waals surface area contributed by atoms with Crippen LogP contribution in [0.2, 0.25) is 0 Å². The Morgan fingerprint density at radius 3 is 2.59 bits per heavy atom. The molecule has 3 nitrogen and oxygen atoms in total. The van der Waals surface area contributed by atoms with Gasteiger partial charge in [0.05, 0.1) is 11.6 Å². The Morgan fingerprint density at radius 1 is 1.18 bits per heavy atom. The van der Waals surface area contributed by atoms with Crippen LogP contribution in [-0.4, -0.2) is 13.0 Å². The smallest absolute Gasteiger partial charge is 0.224 e. The highest BCUT2D eigenvalue weighted by Gasteiger charge is 2.08. The number of nitrogens with one attached hydrogen (secondary N) is 1. The highest BCUT2D eigenvalue weighted by atomic mass is 79.9. The highest BCUT2D eigenvalue weighted by molar-refractivity contribution is 9.10. The first-order valence-electron chi connectivity index (χ1n) is 6.57. The summed E-state index contributed by atoms with van der Waals surface area (Å²) in [6, 6.07) is 8.81. The largest absolute Gasteiger partial charge is 0.496 e. The molecule has 0 fully saturated rings. The molecule has 0 atom stereocenters. The Labute approximate surface area is 135 Å². The minimum atomic E-state index is -0.989. The van der Waals surface area contributed by atoms with Crippen LogP contribution in [0.4, 0.5) is 14.5 Å². The molecule has 2 aromatic rings. The summed E-state index contributed by atoms with van der Waals surface area (Å²) in [5.41, 5.74) is 1.20. The van der Waals surface area contributed by atoms with E-state index in [1.807, 2.05) is 18.2 Å². The Balaban J connectivity index is 1.92. The maximum Gasteiger partial charge on any atom is 0.224 e. The van der Waals surface area contributed by atoms with Crippen molar-refractivity contribution < 1.29 is 18.3 Å². The summed E-state index contributed by atoms with van der Waals surface area (Å²) in [5.74, 6) is -1.48. The van der Waals surface area contributed by atoms with Gasteiger partial charge in [0.1, 0.15) is 5.75 Å². The second kappa shape index (κ2) is 7.35. The summed E-state index contributed by atoms with van der Waals surface area (Å²) >= 11 is 3.38. The Bertz CT molecular complexity index is 692. The van der Waals surface area contributed by atoms with Crippen molar-refractivity contribution in [1.29, 1.82) is 0 Å². The molecule has 0 unspecified atom stereocenters. The van der Waals surface area contributed by atoms with Gasteiger partial charge in [-0.15, -0.1) is 0 Å². The average molecular weight is 370 g/mol. The molecule has 0 aliphatic heterocycles. The molecule has 1 amide bonds. The minimum absolute atomic E-state index is 0.234. The second-order valence-corrected chi connectivity index (χ2v) is 5.50. The summed E-state index contributed by atoms with van der Waals surface area (Å²) < 4.78 is 31.8. The standard InChI is InChI=1S/C16H14BrF2NO2/c1-22-15-6-2-10(8-12(15)17)3-7-16(21)20-11-4-5-13(18)14(19)9-11/h2,4-6,8-9H,3,7H2,1H3,(H,20,21). The third-order valence-corrected chi connectivity index (χ3v) is 3.68. The van der Waals surface area contributed by atoms with Crippen molar-refractivity contribution in [3.8, 4) is 5.75 Å². The van der Waals surface area contributed by atoms with Crippen LogP contribution in [0.5, 0.6) is 5.75 Å². The van der Waals surface area contributed by atoms with Crippen molar-refractivity contribution in [3.05, 3.63) is 58.1 Å². The number of hydrogen-bond acceptors (Lipinski definition) is 2. The van der Waals surface area contributed by atoms with Gasteiger partial charge in [0.15, 0.2) is 11.6 Å². The number of carbonyl (C=O) groups is 1. The fraction of sp³-hybridized carbons (Fsp3) is 0.188. The number of halogens is 3. The molecule has 0 aliphatic carbocycles. The number of carbonyl (C=O) groups excluding carboxylic acids is 1. The number of benzene rings is 2. The van der Waals surface area contributed by atoms with Crippen LogP contribution in [-0.2, 0) is 11.2 Å². The fourth-order valence-corrected chi connectivity index (χ4v) is 2.51. The van der Waals surface area contributed by atoms with E-state index in [1.165, 1.54) is 6.07 Å². The third kappa shape index (κ3) is 4.27. The van der Waals surface area contributed by atoms with E-state index in [2.05, 4.69) is 21.2 Å². The lowest BCUT2D eigenvalue weighted by molar-refractivity contribution is -0.116. The highest BCUT2D eigenvalue weighted by Crippen LogP contribution is 2.26. The zero-order valence-corrected chi connectivity index (χ0v) is 13.4. The van der Waals surface area contributed by atoms with Crippen LogP contribution < -0.4 is 10.1 Å². The summed E-state index contributed by atoms with van der Waals surface area (Å²) in [5, 5.41) is 2.54. The van der Waals surface area contributed by atoms with Gasteiger partial charge < -0.3 is 10.1 Å². The number of rotatable bonds is 5. The van der Waals surface area contributed by atoms with Crippen molar-refractivity contribution in [2.75, 3.05) is 12.4 Å². The van der Waals surface area contributed by atoms with E-state index in [4.69, 9.17) is 4.74 Å². The van der Waals surface area contributed by atoms with E-state index in [0.29, 0.717) is 6.42 Å². The van der Waals surface area contributed by atoms with Gasteiger partial charge in [-0.05, 0) is 52.2 Å². The number of anilines is 1. The third-order valence-electron chi connectivity index (χ3n) is 3.06. The molecule has 0 spiro atoms. The number of methoxy groups -OCH3 is 1. The van der Waals surface area contributed by atoms with Crippen LogP contribution in [0.1, 0.15) is 12.0 Å². The number of ether oxygens (including phenoxy) is 1. The molecule has 0 heterocycles. The van der Waals surface area contributed by atoms with Crippen LogP contribution in [0.15, 0.2) is 40.9 Å². The number of amides is 1. The summed E-state index contributed by atoms with van der Waals surface area (Å²) in [6.45, 7) is 0. The maximum atomic E-state index is 13.1. The van der Waals surface area contributed by atoms with Crippen molar-refractivity contribution in [3.63, 3.8) is 0 Å². The summed E-state index contributed by atoms with van der Waals surface area (Å²) in [4.78, 5) is 11.8. The molecule has 116 valence electrons. The molecule has 2 aromatic carbocycles. The number of hydrogen-bond donors (Lipinski definition) is 1. The Hall–Kier alpha value is -1.95. The van der Waals surface area contributed by atoms with Gasteiger partial charge in [0.2, 0.25) is 5.91 Å². The van der Waals surface area contributed by atoms with Crippen LogP contribution in [0.3, 0.4) is 0 Å². The fourth-order valence-electron chi connectivity index (χ4n) is 1.92. The quantitative estimate of drug-likeness (QED) is 0.852. The second-order valence-electron chi connectivity index (χ2n) is 4.65. The van der Waals surface area contributed by atoms with E-state index < -0.39 is 11.6 Å². The van der Waals surface area contributed by atoms with Gasteiger partial charge in [-0.2, -0.15) is 0 Å². The molecule has 0 aliphatic rings. The van der Waals surface area contributed by atoms with Gasteiger partial charge in [0.25, 0.3) is 0 Å². The van der Waals surface area contributed by atoms with Crippen molar-refractivity contribution in [2.45, 2.75) is 12.8 Å². The van der Waals surface area contributed by atoms with Gasteiger partial charge in [-0.3, -0.25) is 4.79 Å². The lowest BCUT2D eigenvalue weighted by Crippen LogP contribution is -2.12. The normalized spacial score (nSPS) is 10.4. The molecular formula is C16H14BrF2NO2. The maximum absolute atomic E-state index is 13.1. The molecule has 0 saturated heterocycles. The van der Waals surface area contributed by atoms with Gasteiger partial charge in [-0.1, -0.05) is 6.07 Å². The van der Waals surface area contributed by atoms with Gasteiger partial charge in [-0.25, -0.2) is 8.78 Å². The summed E-state index contributed by atoms with van der Waals surface area (Å²) in [6.07, 6.45) is 0.760. The molecule has 0 saturated carbocycles. The molecule has 0 bridgehead atoms. The molecule has 1 N–H and O–H groups in total. The van der Waals surface area contributed by atoms with Crippen LogP contribution in [0.25, 0.3) is 0 Å². The zero-order valence-electron chi connectivity index (χ0n) is 11.8. The van der Waals surface area contributed by atoms with Crippen LogP contribution >= 0.6 is 15.9 Å². The van der Waals surface area contributed by atoms with Crippen LogP contribution in [0, 0.1) is 11.6 Å². The minimum Gasteiger partial charge on any atom is -0.496 e. The van der Waals surface area contributed by atoms with E-state index in [-0.39, 0.29) is 18.0 Å². The molecular weight excluding hydrogens is 356 g/mol. The zero-order chi connectivity index (χ0) is 16.1. The Kier molecular flexibility index (Phi) is 5.49. The first-order chi connectivity index (χ1) is 10.5. The Morgan fingerprint density at radius 2 is 1.95 bits per heavy atom. The van der Waals surface area contributed by atoms with E-state index in [1.54, 1.807) is 7.11 Å². The summed E-state index contributed by atoms with van der Waals surface area (Å²) in [7, 11) is 1.58. The van der Waals surface area contributed by atoms with E-state index in [0.717, 1.165) is 27.9 Å². The molecule has 22 heavy (non-hydrogen) atoms. The lowest BCUT2D eigenvalue weighted by Gasteiger charge is -2.08. The molecule has 0 radical (unpaired) electrons. The van der Waals surface area contributed by atoms with Crippen molar-refractivity contribution in [1.82, 2.24) is 0 Å². The molecule has 2 rings (SSSR count). The van der Waals surface area contributed by atoms with Crippen molar-refractivity contribution in [2.24, 2.45) is 0 Å². The predicted molar refractivity (Wildman–Crippen MR) is 84.0 cm³/mol. The average Bonchev–Trinajstić information content (AvgIpc) is 2.49. The SMILES string of the molecule is COc1ccc(CCC(=O)Nc2ccc(F)c(F)c2)cc1Br.